The fourth-order valence-electron chi connectivity index (χ4n) is 1.96. The molecule has 0 fully saturated rings. The monoisotopic (exact) mass is 327 g/mol. The highest BCUT2D eigenvalue weighted by Gasteiger charge is 2.11. The number of ether oxygens (including phenoxy) is 3. The van der Waals surface area contributed by atoms with Crippen molar-refractivity contribution < 1.29 is 19.0 Å². The average molecular weight is 327 g/mol. The van der Waals surface area contributed by atoms with Crippen molar-refractivity contribution in [3.8, 4) is 5.88 Å². The molecule has 0 saturated heterocycles. The van der Waals surface area contributed by atoms with Crippen molar-refractivity contribution in [3.05, 3.63) is 65.5 Å². The number of carbonyl (C=O) groups is 1. The van der Waals surface area contributed by atoms with E-state index in [9.17, 15) is 4.79 Å². The molecule has 0 N–H and O–H groups in total. The number of rotatable bonds is 8. The molecule has 0 bridgehead atoms. The summed E-state index contributed by atoms with van der Waals surface area (Å²) in [6.07, 6.45) is 3.23. The zero-order valence-corrected chi connectivity index (χ0v) is 13.9. The number of carbonyl (C=O) groups excluding carboxylic acids is 1. The van der Waals surface area contributed by atoms with Gasteiger partial charge in [0.05, 0.1) is 13.2 Å². The quantitative estimate of drug-likeness (QED) is 0.421. The summed E-state index contributed by atoms with van der Waals surface area (Å²) in [4.78, 5) is 16.0. The van der Waals surface area contributed by atoms with Gasteiger partial charge in [0, 0.05) is 12.3 Å². The minimum absolute atomic E-state index is 0.166. The van der Waals surface area contributed by atoms with Crippen LogP contribution in [0.4, 0.5) is 0 Å². The number of hydrogen-bond acceptors (Lipinski definition) is 5. The first kappa shape index (κ1) is 17.5. The second-order valence-electron chi connectivity index (χ2n) is 4.87. The van der Waals surface area contributed by atoms with E-state index in [2.05, 4.69) is 4.98 Å². The minimum atomic E-state index is -0.483. The van der Waals surface area contributed by atoms with Crippen LogP contribution in [0, 0.1) is 0 Å². The maximum absolute atomic E-state index is 11.8. The van der Waals surface area contributed by atoms with E-state index in [1.165, 1.54) is 0 Å². The van der Waals surface area contributed by atoms with E-state index in [-0.39, 0.29) is 5.76 Å². The molecule has 0 aliphatic rings. The summed E-state index contributed by atoms with van der Waals surface area (Å²) in [5.41, 5.74) is 1.81. The average Bonchev–Trinajstić information content (AvgIpc) is 2.62. The number of esters is 1. The molecule has 2 aromatic rings. The van der Waals surface area contributed by atoms with Crippen LogP contribution in [0.3, 0.4) is 0 Å². The van der Waals surface area contributed by atoms with E-state index in [4.69, 9.17) is 14.2 Å². The number of benzene rings is 1. The Morgan fingerprint density at radius 2 is 1.79 bits per heavy atom. The second kappa shape index (κ2) is 9.35. The maximum atomic E-state index is 11.8. The summed E-state index contributed by atoms with van der Waals surface area (Å²) in [5, 5.41) is 0. The molecule has 0 aliphatic heterocycles. The third-order valence-corrected chi connectivity index (χ3v) is 3.06. The molecule has 5 heteroatoms. The van der Waals surface area contributed by atoms with Gasteiger partial charge in [-0.15, -0.1) is 0 Å². The van der Waals surface area contributed by atoms with Crippen molar-refractivity contribution in [3.63, 3.8) is 0 Å². The Bertz CT molecular complexity index is 666. The van der Waals surface area contributed by atoms with Gasteiger partial charge >= 0.3 is 5.97 Å². The fraction of sp³-hybridized carbons (Fsp3) is 0.263. The van der Waals surface area contributed by atoms with Gasteiger partial charge in [-0.3, -0.25) is 0 Å². The fourth-order valence-corrected chi connectivity index (χ4v) is 1.96. The van der Waals surface area contributed by atoms with E-state index in [1.807, 2.05) is 43.3 Å². The highest BCUT2D eigenvalue weighted by Crippen LogP contribution is 2.14. The normalized spacial score (nSPS) is 11.0. The largest absolute Gasteiger partial charge is 0.487 e. The molecule has 0 unspecified atom stereocenters. The van der Waals surface area contributed by atoms with Crippen molar-refractivity contribution in [2.24, 2.45) is 0 Å². The van der Waals surface area contributed by atoms with E-state index in [1.54, 1.807) is 25.3 Å². The SMILES string of the molecule is CCOC(=O)C(=Cc1ccc(OCc2ccccc2)nc1)OCC. The van der Waals surface area contributed by atoms with Crippen molar-refractivity contribution in [2.75, 3.05) is 13.2 Å². The number of nitrogens with zero attached hydrogens (tertiary/aromatic N) is 1. The molecule has 2 rings (SSSR count). The van der Waals surface area contributed by atoms with Crippen molar-refractivity contribution in [1.82, 2.24) is 4.98 Å². The van der Waals surface area contributed by atoms with Crippen LogP contribution in [-0.4, -0.2) is 24.2 Å². The molecule has 126 valence electrons. The molecular weight excluding hydrogens is 306 g/mol. The Balaban J connectivity index is 2.01. The van der Waals surface area contributed by atoms with Gasteiger partial charge in [-0.1, -0.05) is 30.3 Å². The lowest BCUT2D eigenvalue weighted by atomic mass is 10.2. The summed E-state index contributed by atoms with van der Waals surface area (Å²) >= 11 is 0. The molecule has 0 radical (unpaired) electrons. The molecule has 0 spiro atoms. The van der Waals surface area contributed by atoms with Crippen LogP contribution < -0.4 is 4.74 Å². The molecule has 1 aromatic heterocycles. The third kappa shape index (κ3) is 5.43. The Morgan fingerprint density at radius 3 is 2.42 bits per heavy atom. The van der Waals surface area contributed by atoms with Crippen LogP contribution in [0.2, 0.25) is 0 Å². The summed E-state index contributed by atoms with van der Waals surface area (Å²) in [6, 6.07) is 13.4. The van der Waals surface area contributed by atoms with Gasteiger partial charge in [0.15, 0.2) is 0 Å². The third-order valence-electron chi connectivity index (χ3n) is 3.06. The minimum Gasteiger partial charge on any atom is -0.487 e. The number of pyridine rings is 1. The summed E-state index contributed by atoms with van der Waals surface area (Å²) in [5.74, 6) is 0.202. The Kier molecular flexibility index (Phi) is 6.83. The lowest BCUT2D eigenvalue weighted by Crippen LogP contribution is -2.10. The van der Waals surface area contributed by atoms with Crippen molar-refractivity contribution in [2.45, 2.75) is 20.5 Å². The summed E-state index contributed by atoms with van der Waals surface area (Å²) < 4.78 is 15.9. The zero-order valence-electron chi connectivity index (χ0n) is 13.9. The van der Waals surface area contributed by atoms with E-state index < -0.39 is 5.97 Å². The number of hydrogen-bond donors (Lipinski definition) is 0. The van der Waals surface area contributed by atoms with Gasteiger partial charge < -0.3 is 14.2 Å². The van der Waals surface area contributed by atoms with E-state index in [0.717, 1.165) is 11.1 Å². The number of aromatic nitrogens is 1. The van der Waals surface area contributed by atoms with Crippen LogP contribution in [0.1, 0.15) is 25.0 Å². The Morgan fingerprint density at radius 1 is 1.04 bits per heavy atom. The Hall–Kier alpha value is -2.82. The molecule has 5 nitrogen and oxygen atoms in total. The standard InChI is InChI=1S/C19H21NO4/c1-3-22-17(19(21)23-4-2)12-16-10-11-18(20-13-16)24-14-15-8-6-5-7-9-15/h5-13H,3-4,14H2,1-2H3. The first-order chi connectivity index (χ1) is 11.7. The van der Waals surface area contributed by atoms with Gasteiger partial charge in [-0.05, 0) is 37.1 Å². The van der Waals surface area contributed by atoms with Crippen molar-refractivity contribution in [1.29, 1.82) is 0 Å². The topological polar surface area (TPSA) is 57.7 Å². The first-order valence-corrected chi connectivity index (χ1v) is 7.87. The summed E-state index contributed by atoms with van der Waals surface area (Å²) in [7, 11) is 0. The summed E-state index contributed by atoms with van der Waals surface area (Å²) in [6.45, 7) is 4.70. The molecule has 0 atom stereocenters. The molecule has 1 heterocycles. The smallest absolute Gasteiger partial charge is 0.373 e. The molecule has 0 aliphatic carbocycles. The van der Waals surface area contributed by atoms with Gasteiger partial charge in [-0.25, -0.2) is 9.78 Å². The van der Waals surface area contributed by atoms with Crippen LogP contribution in [-0.2, 0) is 20.9 Å². The van der Waals surface area contributed by atoms with Crippen LogP contribution in [0.25, 0.3) is 6.08 Å². The molecule has 0 amide bonds. The van der Waals surface area contributed by atoms with Gasteiger partial charge in [0.1, 0.15) is 6.61 Å². The van der Waals surface area contributed by atoms with Crippen molar-refractivity contribution >= 4 is 12.0 Å². The van der Waals surface area contributed by atoms with E-state index in [0.29, 0.717) is 25.7 Å². The highest BCUT2D eigenvalue weighted by atomic mass is 16.6. The molecule has 24 heavy (non-hydrogen) atoms. The van der Waals surface area contributed by atoms with Gasteiger partial charge in [0.25, 0.3) is 0 Å². The highest BCUT2D eigenvalue weighted by molar-refractivity contribution is 5.91. The first-order valence-electron chi connectivity index (χ1n) is 7.87. The zero-order chi connectivity index (χ0) is 17.2. The maximum Gasteiger partial charge on any atom is 0.373 e. The van der Waals surface area contributed by atoms with Gasteiger partial charge in [0.2, 0.25) is 11.6 Å². The molecular formula is C19H21NO4. The Labute approximate surface area is 141 Å². The van der Waals surface area contributed by atoms with Crippen LogP contribution >= 0.6 is 0 Å². The van der Waals surface area contributed by atoms with E-state index >= 15 is 0 Å². The molecule has 1 aromatic carbocycles. The molecule has 0 saturated carbocycles. The van der Waals surface area contributed by atoms with Gasteiger partial charge in [-0.2, -0.15) is 0 Å². The predicted molar refractivity (Wildman–Crippen MR) is 91.2 cm³/mol. The van der Waals surface area contributed by atoms with Crippen LogP contribution in [0.15, 0.2) is 54.4 Å². The van der Waals surface area contributed by atoms with Crippen LogP contribution in [0.5, 0.6) is 5.88 Å². The lowest BCUT2D eigenvalue weighted by molar-refractivity contribution is -0.142. The lowest BCUT2D eigenvalue weighted by Gasteiger charge is -2.08. The second-order valence-corrected chi connectivity index (χ2v) is 4.87. The predicted octanol–water partition coefficient (Wildman–Crippen LogP) is 3.60.